The van der Waals surface area contributed by atoms with E-state index in [9.17, 15) is 4.39 Å². The first-order valence-corrected chi connectivity index (χ1v) is 7.74. The summed E-state index contributed by atoms with van der Waals surface area (Å²) in [5.74, 6) is -0.0715. The highest BCUT2D eigenvalue weighted by Gasteiger charge is 2.37. The maximum Gasteiger partial charge on any atom is 0.165 e. The molecule has 0 saturated heterocycles. The molecule has 3 nitrogen and oxygen atoms in total. The van der Waals surface area contributed by atoms with Gasteiger partial charge in [-0.1, -0.05) is 31.7 Å². The Labute approximate surface area is 126 Å². The van der Waals surface area contributed by atoms with Crippen LogP contribution >= 0.6 is 0 Å². The van der Waals surface area contributed by atoms with E-state index in [1.807, 2.05) is 6.07 Å². The lowest BCUT2D eigenvalue weighted by atomic mass is 9.83. The fourth-order valence-electron chi connectivity index (χ4n) is 3.33. The topological polar surface area (TPSA) is 44.5 Å². The first-order valence-electron chi connectivity index (χ1n) is 7.74. The molecule has 4 heteroatoms. The van der Waals surface area contributed by atoms with Crippen molar-refractivity contribution in [2.45, 2.75) is 56.6 Å². The number of methoxy groups -OCH3 is 2. The van der Waals surface area contributed by atoms with E-state index in [2.05, 4.69) is 0 Å². The molecule has 2 N–H and O–H groups in total. The van der Waals surface area contributed by atoms with Gasteiger partial charge >= 0.3 is 0 Å². The number of hydrogen-bond acceptors (Lipinski definition) is 3. The van der Waals surface area contributed by atoms with Crippen LogP contribution in [0.3, 0.4) is 0 Å². The smallest absolute Gasteiger partial charge is 0.165 e. The molecule has 21 heavy (non-hydrogen) atoms. The van der Waals surface area contributed by atoms with E-state index in [-0.39, 0.29) is 23.2 Å². The Bertz CT molecular complexity index is 456. The minimum atomic E-state index is -0.338. The van der Waals surface area contributed by atoms with Crippen molar-refractivity contribution >= 4 is 0 Å². The summed E-state index contributed by atoms with van der Waals surface area (Å²) >= 11 is 0. The van der Waals surface area contributed by atoms with Crippen LogP contribution in [0.2, 0.25) is 0 Å². The average molecular weight is 295 g/mol. The fourth-order valence-corrected chi connectivity index (χ4v) is 3.33. The summed E-state index contributed by atoms with van der Waals surface area (Å²) in [6, 6.07) is 4.93. The minimum absolute atomic E-state index is 0.117. The number of hydrogen-bond donors (Lipinski definition) is 1. The first kappa shape index (κ1) is 16.2. The molecule has 1 aliphatic rings. The van der Waals surface area contributed by atoms with E-state index in [4.69, 9.17) is 15.2 Å². The highest BCUT2D eigenvalue weighted by Crippen LogP contribution is 2.33. The number of benzene rings is 1. The second-order valence-corrected chi connectivity index (χ2v) is 5.96. The summed E-state index contributed by atoms with van der Waals surface area (Å²) in [5.41, 5.74) is 7.06. The second-order valence-electron chi connectivity index (χ2n) is 5.96. The number of ether oxygens (including phenoxy) is 2. The lowest BCUT2D eigenvalue weighted by Crippen LogP contribution is -2.50. The molecule has 0 aromatic heterocycles. The molecule has 1 aromatic carbocycles. The zero-order valence-corrected chi connectivity index (χ0v) is 13.0. The van der Waals surface area contributed by atoms with Crippen molar-refractivity contribution in [2.24, 2.45) is 5.73 Å². The molecule has 1 atom stereocenters. The van der Waals surface area contributed by atoms with E-state index in [1.165, 1.54) is 26.0 Å². The molecule has 0 amide bonds. The maximum atomic E-state index is 13.8. The van der Waals surface area contributed by atoms with Gasteiger partial charge in [-0.2, -0.15) is 0 Å². The van der Waals surface area contributed by atoms with Gasteiger partial charge in [0.25, 0.3) is 0 Å². The van der Waals surface area contributed by atoms with Crippen LogP contribution in [-0.2, 0) is 11.2 Å². The van der Waals surface area contributed by atoms with E-state index >= 15 is 0 Å². The summed E-state index contributed by atoms with van der Waals surface area (Å²) in [7, 11) is 3.22. The van der Waals surface area contributed by atoms with Crippen molar-refractivity contribution in [3.05, 3.63) is 29.6 Å². The summed E-state index contributed by atoms with van der Waals surface area (Å²) in [5, 5.41) is 0. The SMILES string of the molecule is COc1ccc(CC(N)C2(OC)CCCCCC2)cc1F. The van der Waals surface area contributed by atoms with E-state index in [0.717, 1.165) is 31.2 Å². The molecule has 0 heterocycles. The predicted octanol–water partition coefficient (Wildman–Crippen LogP) is 3.44. The summed E-state index contributed by atoms with van der Waals surface area (Å²) in [4.78, 5) is 0. The van der Waals surface area contributed by atoms with Crippen LogP contribution in [-0.4, -0.2) is 25.9 Å². The third-order valence-corrected chi connectivity index (χ3v) is 4.70. The Hall–Kier alpha value is -1.13. The van der Waals surface area contributed by atoms with Crippen LogP contribution in [0.5, 0.6) is 5.75 Å². The Kier molecular flexibility index (Phi) is 5.59. The van der Waals surface area contributed by atoms with Gasteiger partial charge in [-0.25, -0.2) is 4.39 Å². The van der Waals surface area contributed by atoms with E-state index in [0.29, 0.717) is 6.42 Å². The lowest BCUT2D eigenvalue weighted by molar-refractivity contribution is -0.0430. The molecule has 1 aliphatic carbocycles. The number of halogens is 1. The van der Waals surface area contributed by atoms with Crippen molar-refractivity contribution < 1.29 is 13.9 Å². The maximum absolute atomic E-state index is 13.8. The molecule has 0 aliphatic heterocycles. The van der Waals surface area contributed by atoms with Crippen LogP contribution in [0, 0.1) is 5.82 Å². The highest BCUT2D eigenvalue weighted by molar-refractivity contribution is 5.30. The van der Waals surface area contributed by atoms with Gasteiger partial charge in [0.2, 0.25) is 0 Å². The van der Waals surface area contributed by atoms with Crippen molar-refractivity contribution in [3.63, 3.8) is 0 Å². The fraction of sp³-hybridized carbons (Fsp3) is 0.647. The zero-order valence-electron chi connectivity index (χ0n) is 13.0. The molecule has 1 saturated carbocycles. The quantitative estimate of drug-likeness (QED) is 0.846. The van der Waals surface area contributed by atoms with Crippen LogP contribution < -0.4 is 10.5 Å². The minimum Gasteiger partial charge on any atom is -0.494 e. The van der Waals surface area contributed by atoms with Gasteiger partial charge in [0.1, 0.15) is 0 Å². The Morgan fingerprint density at radius 1 is 1.19 bits per heavy atom. The van der Waals surface area contributed by atoms with Crippen LogP contribution in [0.25, 0.3) is 0 Å². The molecule has 0 spiro atoms. The predicted molar refractivity (Wildman–Crippen MR) is 82.1 cm³/mol. The highest BCUT2D eigenvalue weighted by atomic mass is 19.1. The lowest BCUT2D eigenvalue weighted by Gasteiger charge is -2.37. The van der Waals surface area contributed by atoms with Crippen LogP contribution in [0.15, 0.2) is 18.2 Å². The molecular weight excluding hydrogens is 269 g/mol. The zero-order chi connectivity index (χ0) is 15.3. The molecule has 1 aromatic rings. The van der Waals surface area contributed by atoms with Gasteiger partial charge in [-0.15, -0.1) is 0 Å². The standard InChI is InChI=1S/C17H26FNO2/c1-20-15-8-7-13(11-14(15)18)12-16(19)17(21-2)9-5-3-4-6-10-17/h7-8,11,16H,3-6,9-10,12,19H2,1-2H3. The van der Waals surface area contributed by atoms with Crippen molar-refractivity contribution in [1.82, 2.24) is 0 Å². The Morgan fingerprint density at radius 3 is 2.38 bits per heavy atom. The van der Waals surface area contributed by atoms with Gasteiger partial charge in [0.15, 0.2) is 11.6 Å². The second kappa shape index (κ2) is 7.23. The van der Waals surface area contributed by atoms with Gasteiger partial charge in [0.05, 0.1) is 12.7 Å². The molecule has 2 rings (SSSR count). The molecule has 1 fully saturated rings. The molecular formula is C17H26FNO2. The average Bonchev–Trinajstić information content (AvgIpc) is 2.74. The Balaban J connectivity index is 2.11. The normalized spacial score (nSPS) is 19.8. The Morgan fingerprint density at radius 2 is 1.86 bits per heavy atom. The van der Waals surface area contributed by atoms with Gasteiger partial charge in [-0.05, 0) is 37.0 Å². The van der Waals surface area contributed by atoms with E-state index < -0.39 is 0 Å². The van der Waals surface area contributed by atoms with Gasteiger partial charge in [-0.3, -0.25) is 0 Å². The van der Waals surface area contributed by atoms with Crippen molar-refractivity contribution in [3.8, 4) is 5.75 Å². The monoisotopic (exact) mass is 295 g/mol. The third kappa shape index (κ3) is 3.74. The first-order chi connectivity index (χ1) is 10.1. The van der Waals surface area contributed by atoms with Crippen LogP contribution in [0.1, 0.15) is 44.1 Å². The summed E-state index contributed by atoms with van der Waals surface area (Å²) in [6.07, 6.45) is 7.39. The molecule has 0 bridgehead atoms. The van der Waals surface area contributed by atoms with Gasteiger partial charge < -0.3 is 15.2 Å². The third-order valence-electron chi connectivity index (χ3n) is 4.70. The van der Waals surface area contributed by atoms with Crippen molar-refractivity contribution in [2.75, 3.05) is 14.2 Å². The molecule has 1 unspecified atom stereocenters. The number of rotatable bonds is 5. The van der Waals surface area contributed by atoms with Crippen LogP contribution in [0.4, 0.5) is 4.39 Å². The van der Waals surface area contributed by atoms with E-state index in [1.54, 1.807) is 13.2 Å². The molecule has 118 valence electrons. The van der Waals surface area contributed by atoms with Gasteiger partial charge in [0, 0.05) is 13.2 Å². The summed E-state index contributed by atoms with van der Waals surface area (Å²) < 4.78 is 24.6. The summed E-state index contributed by atoms with van der Waals surface area (Å²) in [6.45, 7) is 0. The van der Waals surface area contributed by atoms with Crippen molar-refractivity contribution in [1.29, 1.82) is 0 Å². The molecule has 0 radical (unpaired) electrons. The largest absolute Gasteiger partial charge is 0.494 e. The number of nitrogens with two attached hydrogens (primary N) is 1.